The zero-order valence-electron chi connectivity index (χ0n) is 17.8. The van der Waals surface area contributed by atoms with Crippen LogP contribution in [-0.4, -0.2) is 43.4 Å². The number of anilines is 2. The molecular formula is C23H26N6O3. The predicted octanol–water partition coefficient (Wildman–Crippen LogP) is 2.04. The number of aromatic nitrogens is 4. The number of nitrogens with zero attached hydrogens (tertiary/aromatic N) is 3. The number of fused-ring (bicyclic) bond motifs is 1. The number of carbonyl (C=O) groups excluding carboxylic acids is 1. The van der Waals surface area contributed by atoms with Gasteiger partial charge in [-0.05, 0) is 61.3 Å². The molecule has 3 N–H and O–H groups in total. The molecule has 0 radical (unpaired) electrons. The summed E-state index contributed by atoms with van der Waals surface area (Å²) >= 11 is 0. The van der Waals surface area contributed by atoms with E-state index in [1.54, 1.807) is 4.90 Å². The number of nitrogens with one attached hydrogen (secondary N) is 3. The monoisotopic (exact) mass is 434 g/mol. The summed E-state index contributed by atoms with van der Waals surface area (Å²) < 4.78 is 1.22. The average Bonchev–Trinajstić information content (AvgIpc) is 3.48. The van der Waals surface area contributed by atoms with Crippen molar-refractivity contribution in [2.45, 2.75) is 38.6 Å². The van der Waals surface area contributed by atoms with E-state index in [2.05, 4.69) is 32.4 Å². The van der Waals surface area contributed by atoms with E-state index in [0.717, 1.165) is 37.8 Å². The minimum absolute atomic E-state index is 0.0324. The van der Waals surface area contributed by atoms with Gasteiger partial charge in [0.15, 0.2) is 0 Å². The molecule has 5 rings (SSSR count). The molecule has 1 fully saturated rings. The van der Waals surface area contributed by atoms with Crippen LogP contribution in [0.1, 0.15) is 40.9 Å². The van der Waals surface area contributed by atoms with Crippen molar-refractivity contribution in [3.8, 4) is 0 Å². The molecule has 0 bridgehead atoms. The van der Waals surface area contributed by atoms with Gasteiger partial charge in [0.05, 0.1) is 12.5 Å². The van der Waals surface area contributed by atoms with Crippen LogP contribution in [0.5, 0.6) is 0 Å². The number of benzene rings is 1. The summed E-state index contributed by atoms with van der Waals surface area (Å²) in [5.74, 6) is 0.307. The van der Waals surface area contributed by atoms with Crippen molar-refractivity contribution in [1.82, 2.24) is 24.4 Å². The molecule has 3 heterocycles. The lowest BCUT2D eigenvalue weighted by Crippen LogP contribution is -2.44. The number of imidazole rings is 1. The Morgan fingerprint density at radius 3 is 2.84 bits per heavy atom. The van der Waals surface area contributed by atoms with E-state index in [1.165, 1.54) is 34.3 Å². The number of rotatable bonds is 5. The van der Waals surface area contributed by atoms with E-state index in [0.29, 0.717) is 24.6 Å². The van der Waals surface area contributed by atoms with Crippen LogP contribution in [0.2, 0.25) is 0 Å². The maximum Gasteiger partial charge on any atom is 0.329 e. The van der Waals surface area contributed by atoms with E-state index in [4.69, 9.17) is 0 Å². The highest BCUT2D eigenvalue weighted by atomic mass is 16.2. The number of carbonyl (C=O) groups is 1. The Hall–Kier alpha value is -3.62. The third kappa shape index (κ3) is 4.10. The van der Waals surface area contributed by atoms with Crippen LogP contribution in [0.4, 0.5) is 11.5 Å². The van der Waals surface area contributed by atoms with Gasteiger partial charge >= 0.3 is 5.69 Å². The highest BCUT2D eigenvalue weighted by Crippen LogP contribution is 2.26. The first kappa shape index (κ1) is 20.3. The van der Waals surface area contributed by atoms with Gasteiger partial charge in [0.1, 0.15) is 11.5 Å². The maximum atomic E-state index is 12.7. The van der Waals surface area contributed by atoms with Crippen LogP contribution >= 0.6 is 0 Å². The molecule has 2 aliphatic rings. The number of hydrogen-bond acceptors (Lipinski definition) is 5. The van der Waals surface area contributed by atoms with Gasteiger partial charge in [0, 0.05) is 31.4 Å². The lowest BCUT2D eigenvalue weighted by molar-refractivity contribution is 0.0655. The van der Waals surface area contributed by atoms with Crippen molar-refractivity contribution in [2.75, 3.05) is 18.4 Å². The second-order valence-electron chi connectivity index (χ2n) is 8.62. The molecule has 1 unspecified atom stereocenters. The fourth-order valence-corrected chi connectivity index (χ4v) is 4.77. The molecule has 3 aromatic rings. The molecule has 0 saturated carbocycles. The molecular weight excluding hydrogens is 408 g/mol. The largest absolute Gasteiger partial charge is 0.342 e. The van der Waals surface area contributed by atoms with Gasteiger partial charge in [0.25, 0.3) is 11.5 Å². The van der Waals surface area contributed by atoms with Crippen molar-refractivity contribution in [3.63, 3.8) is 0 Å². The summed E-state index contributed by atoms with van der Waals surface area (Å²) in [6.07, 6.45) is 8.00. The van der Waals surface area contributed by atoms with Crippen molar-refractivity contribution in [1.29, 1.82) is 0 Å². The topological polar surface area (TPSA) is 116 Å². The fourth-order valence-electron chi connectivity index (χ4n) is 4.77. The fraction of sp³-hybridized carbons (Fsp3) is 0.391. The summed E-state index contributed by atoms with van der Waals surface area (Å²) in [4.78, 5) is 49.3. The van der Waals surface area contributed by atoms with E-state index in [-0.39, 0.29) is 23.9 Å². The number of H-pyrrole nitrogens is 2. The van der Waals surface area contributed by atoms with Gasteiger partial charge in [0.2, 0.25) is 0 Å². The van der Waals surface area contributed by atoms with Crippen molar-refractivity contribution >= 4 is 17.4 Å². The summed E-state index contributed by atoms with van der Waals surface area (Å²) in [6.45, 7) is 1.43. The Kier molecular flexibility index (Phi) is 5.38. The van der Waals surface area contributed by atoms with Crippen LogP contribution in [0.15, 0.2) is 46.4 Å². The summed E-state index contributed by atoms with van der Waals surface area (Å²) in [5, 5.41) is 3.15. The Morgan fingerprint density at radius 1 is 1.16 bits per heavy atom. The number of aryl methyl sites for hydroxylation is 2. The number of aromatic amines is 2. The third-order valence-corrected chi connectivity index (χ3v) is 6.37. The quantitative estimate of drug-likeness (QED) is 0.568. The first-order chi connectivity index (χ1) is 15.6. The standard InChI is InChI=1S/C23H26N6O3/c30-21-10-20(26-18-7-6-16-4-1-5-17(16)9-18)27-23(32)29(21)13-15-3-2-8-28(12-15)22(31)19-11-24-14-25-19/h6-7,9-11,14-15,26H,1-5,8,12-13H2,(H,24,25)(H,27,32). The molecule has 2 aromatic heterocycles. The Bertz CT molecular complexity index is 1210. The number of hydrogen-bond donors (Lipinski definition) is 3. The molecule has 0 spiro atoms. The van der Waals surface area contributed by atoms with E-state index in [1.807, 2.05) is 6.07 Å². The molecule has 1 aliphatic heterocycles. The first-order valence-electron chi connectivity index (χ1n) is 11.1. The second kappa shape index (κ2) is 8.49. The number of likely N-dealkylation sites (tertiary alicyclic amines) is 1. The Balaban J connectivity index is 1.29. The highest BCUT2D eigenvalue weighted by molar-refractivity contribution is 5.92. The van der Waals surface area contributed by atoms with Crippen molar-refractivity contribution < 1.29 is 4.79 Å². The highest BCUT2D eigenvalue weighted by Gasteiger charge is 2.26. The van der Waals surface area contributed by atoms with Crippen molar-refractivity contribution in [3.05, 3.63) is 74.4 Å². The molecule has 1 atom stereocenters. The minimum Gasteiger partial charge on any atom is -0.342 e. The van der Waals surface area contributed by atoms with Gasteiger partial charge in [-0.2, -0.15) is 0 Å². The number of amides is 1. The molecule has 9 nitrogen and oxygen atoms in total. The van der Waals surface area contributed by atoms with E-state index < -0.39 is 5.69 Å². The number of piperidine rings is 1. The smallest absolute Gasteiger partial charge is 0.329 e. The predicted molar refractivity (Wildman–Crippen MR) is 120 cm³/mol. The summed E-state index contributed by atoms with van der Waals surface area (Å²) in [6, 6.07) is 7.58. The molecule has 1 amide bonds. The molecule has 1 saturated heterocycles. The zero-order valence-corrected chi connectivity index (χ0v) is 17.8. The first-order valence-corrected chi connectivity index (χ1v) is 11.1. The lowest BCUT2D eigenvalue weighted by Gasteiger charge is -2.32. The molecule has 32 heavy (non-hydrogen) atoms. The van der Waals surface area contributed by atoms with Gasteiger partial charge in [-0.3, -0.25) is 19.1 Å². The Labute approximate surface area is 184 Å². The normalized spacial score (nSPS) is 17.9. The molecule has 1 aliphatic carbocycles. The van der Waals surface area contributed by atoms with Crippen LogP contribution in [-0.2, 0) is 19.4 Å². The van der Waals surface area contributed by atoms with E-state index >= 15 is 0 Å². The van der Waals surface area contributed by atoms with Crippen LogP contribution in [0.3, 0.4) is 0 Å². The van der Waals surface area contributed by atoms with E-state index in [9.17, 15) is 14.4 Å². The Morgan fingerprint density at radius 2 is 2.03 bits per heavy atom. The van der Waals surface area contributed by atoms with Crippen LogP contribution < -0.4 is 16.6 Å². The average molecular weight is 435 g/mol. The minimum atomic E-state index is -0.446. The molecule has 9 heteroatoms. The maximum absolute atomic E-state index is 12.7. The zero-order chi connectivity index (χ0) is 22.1. The SMILES string of the molecule is O=C(c1cnc[nH]1)N1CCCC(Cn2c(=O)cc(Nc3ccc4c(c3)CCC4)[nH]c2=O)C1. The van der Waals surface area contributed by atoms with Crippen molar-refractivity contribution in [2.24, 2.45) is 5.92 Å². The van der Waals surface area contributed by atoms with Crippen LogP contribution in [0.25, 0.3) is 0 Å². The lowest BCUT2D eigenvalue weighted by atomic mass is 9.97. The molecule has 166 valence electrons. The van der Waals surface area contributed by atoms with Gasteiger partial charge in [-0.25, -0.2) is 9.78 Å². The third-order valence-electron chi connectivity index (χ3n) is 6.37. The summed E-state index contributed by atoms with van der Waals surface area (Å²) in [7, 11) is 0. The van der Waals surface area contributed by atoms with Gasteiger partial charge in [-0.1, -0.05) is 6.07 Å². The second-order valence-corrected chi connectivity index (χ2v) is 8.62. The van der Waals surface area contributed by atoms with Gasteiger partial charge in [-0.15, -0.1) is 0 Å². The summed E-state index contributed by atoms with van der Waals surface area (Å²) in [5.41, 5.74) is 3.19. The van der Waals surface area contributed by atoms with Crippen LogP contribution in [0, 0.1) is 5.92 Å². The molecule has 1 aromatic carbocycles. The van der Waals surface area contributed by atoms with Gasteiger partial charge < -0.3 is 15.2 Å².